The Balaban J connectivity index is 1.25. The highest BCUT2D eigenvalue weighted by molar-refractivity contribution is 6.11. The highest BCUT2D eigenvalue weighted by Crippen LogP contribution is 2.63. The zero-order valence-corrected chi connectivity index (χ0v) is 28.9. The molecule has 0 bridgehead atoms. The number of Topliss-reactive ketones (excluding diaryl/α,β-unsaturated/α-hetero) is 1. The number of phenols is 2. The van der Waals surface area contributed by atoms with Crippen molar-refractivity contribution in [1.29, 1.82) is 0 Å². The van der Waals surface area contributed by atoms with Crippen molar-refractivity contribution in [2.24, 2.45) is 23.2 Å². The smallest absolute Gasteiger partial charge is 0.335 e. The fraction of sp³-hybridized carbons (Fsp3) is 0.579. The van der Waals surface area contributed by atoms with Gasteiger partial charge in [0.2, 0.25) is 6.29 Å². The van der Waals surface area contributed by atoms with Crippen LogP contribution in [0.15, 0.2) is 34.9 Å². The van der Waals surface area contributed by atoms with Crippen molar-refractivity contribution in [2.75, 3.05) is 33.0 Å². The molecule has 276 valence electrons. The van der Waals surface area contributed by atoms with E-state index in [0.717, 1.165) is 30.5 Å². The molecule has 2 aromatic carbocycles. The number of phenolic OH excluding ortho intramolecular Hbond substituents is 2. The highest BCUT2D eigenvalue weighted by Gasteiger charge is 2.63. The molecular weight excluding hydrogens is 664 g/mol. The molecule has 7 rings (SSSR count). The summed E-state index contributed by atoms with van der Waals surface area (Å²) in [6.45, 7) is 5.57. The number of benzene rings is 2. The summed E-state index contributed by atoms with van der Waals surface area (Å²) in [6.07, 6.45) is -0.944. The fourth-order valence-corrected chi connectivity index (χ4v) is 9.99. The van der Waals surface area contributed by atoms with Crippen LogP contribution >= 0.6 is 0 Å². The zero-order valence-electron chi connectivity index (χ0n) is 28.9. The minimum absolute atomic E-state index is 0.0417. The first kappa shape index (κ1) is 35.8. The molecule has 2 aliphatic carbocycles. The van der Waals surface area contributed by atoms with Gasteiger partial charge in [-0.05, 0) is 92.6 Å². The number of hydrogen-bond acceptors (Lipinski definition) is 12. The van der Waals surface area contributed by atoms with Gasteiger partial charge < -0.3 is 54.7 Å². The lowest BCUT2D eigenvalue weighted by atomic mass is 9.51. The van der Waals surface area contributed by atoms with E-state index in [1.54, 1.807) is 0 Å². The van der Waals surface area contributed by atoms with Crippen molar-refractivity contribution >= 4 is 22.5 Å². The van der Waals surface area contributed by atoms with Gasteiger partial charge in [0.05, 0.1) is 36.3 Å². The maximum Gasteiger partial charge on any atom is 0.335 e. The van der Waals surface area contributed by atoms with Gasteiger partial charge in [-0.25, -0.2) is 4.79 Å². The molecule has 2 aromatic rings. The Hall–Kier alpha value is -3.56. The number of fused-ring (bicyclic) bond motifs is 3. The Morgan fingerprint density at radius 2 is 1.88 bits per heavy atom. The van der Waals surface area contributed by atoms with Crippen LogP contribution in [-0.4, -0.2) is 111 Å². The van der Waals surface area contributed by atoms with Crippen LogP contribution in [0.4, 0.5) is 0 Å². The topological polar surface area (TPSA) is 213 Å². The van der Waals surface area contributed by atoms with Crippen molar-refractivity contribution in [2.45, 2.75) is 83.1 Å². The molecule has 7 N–H and O–H groups in total. The number of aliphatic hydroxyl groups is 4. The Labute approximate surface area is 294 Å². The largest absolute Gasteiger partial charge is 0.507 e. The molecule has 1 saturated carbocycles. The summed E-state index contributed by atoms with van der Waals surface area (Å²) in [6, 6.07) is 2.19. The molecule has 0 amide bonds. The number of carboxylic acid groups (broad SMARTS) is 1. The van der Waals surface area contributed by atoms with Gasteiger partial charge in [0, 0.05) is 29.6 Å². The first-order valence-electron chi connectivity index (χ1n) is 17.6. The fourth-order valence-electron chi connectivity index (χ4n) is 9.99. The van der Waals surface area contributed by atoms with Crippen LogP contribution < -0.4 is 4.74 Å². The van der Waals surface area contributed by atoms with E-state index in [9.17, 15) is 45.3 Å². The lowest BCUT2D eigenvalue weighted by Gasteiger charge is -2.57. The average Bonchev–Trinajstić information content (AvgIpc) is 3.47. The predicted octanol–water partition coefficient (Wildman–Crippen LogP) is 3.13. The molecule has 3 aliphatic heterocycles. The lowest BCUT2D eigenvalue weighted by Crippen LogP contribution is -2.69. The molecule has 3 fully saturated rings. The third-order valence-corrected chi connectivity index (χ3v) is 12.4. The lowest BCUT2D eigenvalue weighted by molar-refractivity contribution is -0.325. The van der Waals surface area contributed by atoms with Crippen molar-refractivity contribution < 1.29 is 64.3 Å². The van der Waals surface area contributed by atoms with Crippen molar-refractivity contribution in [3.8, 4) is 17.2 Å². The molecule has 51 heavy (non-hydrogen) atoms. The molecular formula is C38H46O13. The number of carbonyl (C=O) groups is 2. The number of carbonyl (C=O) groups excluding carboxylic acids is 1. The SMILES string of the molecule is CC(=O)c1c(C)c(O)c2cc(C(=O)O)cc(O[C@@H]3O[C@H](CO)[C@]4(C[C@@H]5C6=C(CC=C6[C@]6(CCCO)COCC[C@H]6[C@H]5C)CO4)[C@H](O)[C@H]3O)c2c1O. The van der Waals surface area contributed by atoms with Gasteiger partial charge in [-0.3, -0.25) is 4.79 Å². The standard InChI is InChI=1S/C38H46O13/c1-17-23-13-38(49-15-20-5-6-25(29(20)23)37(8-4-9-39)16-48-10-7-24(17)37)27(14-40)51-36(33(44)34(38)45)50-26-12-21(35(46)47)11-22-30(26)32(43)28(19(3)41)18(2)31(22)42/h6,11-12,17,23-24,27,33-34,36,39-40,42-45H,4-5,7-10,13-16H2,1-3H3,(H,46,47)/t17-,23-,24-,27+,33+,34+,36+,37+,38+/m0/s1. The highest BCUT2D eigenvalue weighted by atomic mass is 16.7. The molecule has 0 aromatic heterocycles. The molecule has 0 radical (unpaired) electrons. The van der Waals surface area contributed by atoms with Crippen LogP contribution in [0.2, 0.25) is 0 Å². The molecule has 1 spiro atoms. The quantitative estimate of drug-likeness (QED) is 0.155. The van der Waals surface area contributed by atoms with Crippen LogP contribution in [0.5, 0.6) is 17.2 Å². The second-order valence-corrected chi connectivity index (χ2v) is 14.9. The summed E-state index contributed by atoms with van der Waals surface area (Å²) in [5.74, 6) is -3.05. The summed E-state index contributed by atoms with van der Waals surface area (Å²) in [4.78, 5) is 24.6. The summed E-state index contributed by atoms with van der Waals surface area (Å²) in [7, 11) is 0. The van der Waals surface area contributed by atoms with Crippen molar-refractivity contribution in [1.82, 2.24) is 0 Å². The minimum atomic E-state index is -1.78. The Morgan fingerprint density at radius 1 is 1.12 bits per heavy atom. The predicted molar refractivity (Wildman–Crippen MR) is 181 cm³/mol. The van der Waals surface area contributed by atoms with E-state index in [4.69, 9.17) is 18.9 Å². The minimum Gasteiger partial charge on any atom is -0.507 e. The zero-order chi connectivity index (χ0) is 36.6. The second-order valence-electron chi connectivity index (χ2n) is 14.9. The summed E-state index contributed by atoms with van der Waals surface area (Å²) < 4.78 is 24.9. The van der Waals surface area contributed by atoms with Gasteiger partial charge in [-0.2, -0.15) is 0 Å². The molecule has 5 aliphatic rings. The number of rotatable bonds is 8. The number of aromatic carboxylic acids is 1. The second kappa shape index (κ2) is 13.1. The molecule has 13 nitrogen and oxygen atoms in total. The third kappa shape index (κ3) is 5.31. The Bertz CT molecular complexity index is 1830. The van der Waals surface area contributed by atoms with Crippen molar-refractivity contribution in [3.63, 3.8) is 0 Å². The van der Waals surface area contributed by atoms with Crippen LogP contribution in [0.25, 0.3) is 10.8 Å². The normalized spacial score (nSPS) is 34.6. The van der Waals surface area contributed by atoms with E-state index >= 15 is 0 Å². The number of hydrogen-bond donors (Lipinski definition) is 7. The van der Waals surface area contributed by atoms with Gasteiger partial charge in [-0.1, -0.05) is 13.0 Å². The molecule has 9 atom stereocenters. The van der Waals surface area contributed by atoms with Crippen LogP contribution in [0, 0.1) is 30.1 Å². The van der Waals surface area contributed by atoms with Crippen LogP contribution in [-0.2, 0) is 14.2 Å². The van der Waals surface area contributed by atoms with Gasteiger partial charge in [0.15, 0.2) is 5.78 Å². The molecule has 0 unspecified atom stereocenters. The third-order valence-electron chi connectivity index (χ3n) is 12.4. The van der Waals surface area contributed by atoms with Crippen molar-refractivity contribution in [3.05, 3.63) is 51.6 Å². The van der Waals surface area contributed by atoms with Gasteiger partial charge >= 0.3 is 5.97 Å². The maximum absolute atomic E-state index is 12.5. The van der Waals surface area contributed by atoms with E-state index in [-0.39, 0.29) is 76.0 Å². The van der Waals surface area contributed by atoms with Gasteiger partial charge in [0.1, 0.15) is 41.2 Å². The number of aromatic hydroxyl groups is 2. The van der Waals surface area contributed by atoms with Gasteiger partial charge in [-0.15, -0.1) is 0 Å². The monoisotopic (exact) mass is 710 g/mol. The summed E-state index contributed by atoms with van der Waals surface area (Å²) in [5.41, 5.74) is 1.14. The maximum atomic E-state index is 12.5. The molecule has 13 heteroatoms. The van der Waals surface area contributed by atoms with Gasteiger partial charge in [0.25, 0.3) is 0 Å². The Morgan fingerprint density at radius 3 is 2.57 bits per heavy atom. The van der Waals surface area contributed by atoms with E-state index in [0.29, 0.717) is 26.1 Å². The Kier molecular flexibility index (Phi) is 9.23. The number of allylic oxidation sites excluding steroid dienone is 2. The first-order valence-corrected chi connectivity index (χ1v) is 17.6. The van der Waals surface area contributed by atoms with E-state index in [1.807, 2.05) is 0 Å². The first-order chi connectivity index (χ1) is 24.3. The summed E-state index contributed by atoms with van der Waals surface area (Å²) in [5, 5.41) is 76.1. The number of ketones is 1. The number of aliphatic hydroxyl groups excluding tert-OH is 4. The average molecular weight is 711 g/mol. The van der Waals surface area contributed by atoms with E-state index in [2.05, 4.69) is 13.0 Å². The van der Waals surface area contributed by atoms with E-state index < -0.39 is 60.1 Å². The van der Waals surface area contributed by atoms with Crippen LogP contribution in [0.1, 0.15) is 72.2 Å². The number of ether oxygens (including phenoxy) is 4. The van der Waals surface area contributed by atoms with E-state index in [1.165, 1.54) is 25.0 Å². The summed E-state index contributed by atoms with van der Waals surface area (Å²) >= 11 is 0. The molecule has 3 heterocycles. The number of carboxylic acids is 1. The molecule has 2 saturated heterocycles. The van der Waals surface area contributed by atoms with Crippen LogP contribution in [0.3, 0.4) is 0 Å².